The monoisotopic (exact) mass is 220 g/mol. The van der Waals surface area contributed by atoms with Crippen molar-refractivity contribution in [2.45, 2.75) is 45.6 Å². The molecular formula is C12H20N4. The largest absolute Gasteiger partial charge is 0.370 e. The molecule has 1 fully saturated rings. The SMILES string of the molecule is CCCNc1cc(NC2CCC2)nc(C)n1. The summed E-state index contributed by atoms with van der Waals surface area (Å²) in [5, 5.41) is 6.74. The number of rotatable bonds is 5. The molecule has 0 saturated heterocycles. The van der Waals surface area contributed by atoms with Gasteiger partial charge in [-0.1, -0.05) is 6.92 Å². The number of aryl methyl sites for hydroxylation is 1. The third kappa shape index (κ3) is 2.84. The minimum atomic E-state index is 0.619. The van der Waals surface area contributed by atoms with Crippen molar-refractivity contribution < 1.29 is 0 Å². The van der Waals surface area contributed by atoms with Crippen LogP contribution in [0.5, 0.6) is 0 Å². The van der Waals surface area contributed by atoms with Gasteiger partial charge in [-0.2, -0.15) is 0 Å². The zero-order chi connectivity index (χ0) is 11.4. The van der Waals surface area contributed by atoms with Crippen molar-refractivity contribution in [2.75, 3.05) is 17.2 Å². The van der Waals surface area contributed by atoms with Crippen LogP contribution in [0.2, 0.25) is 0 Å². The summed E-state index contributed by atoms with van der Waals surface area (Å²) in [7, 11) is 0. The molecule has 88 valence electrons. The Morgan fingerprint density at radius 1 is 1.31 bits per heavy atom. The Labute approximate surface area is 96.9 Å². The fourth-order valence-corrected chi connectivity index (χ4v) is 1.75. The molecule has 0 spiro atoms. The van der Waals surface area contributed by atoms with Crippen LogP contribution in [0.25, 0.3) is 0 Å². The van der Waals surface area contributed by atoms with E-state index in [1.807, 2.05) is 13.0 Å². The number of hydrogen-bond donors (Lipinski definition) is 2. The third-order valence-corrected chi connectivity index (χ3v) is 2.85. The summed E-state index contributed by atoms with van der Waals surface area (Å²) in [5.41, 5.74) is 0. The van der Waals surface area contributed by atoms with Crippen LogP contribution in [0.3, 0.4) is 0 Å². The number of nitrogens with one attached hydrogen (secondary N) is 2. The van der Waals surface area contributed by atoms with Gasteiger partial charge in [0.15, 0.2) is 0 Å². The summed E-state index contributed by atoms with van der Waals surface area (Å²) < 4.78 is 0. The lowest BCUT2D eigenvalue weighted by Crippen LogP contribution is -2.27. The third-order valence-electron chi connectivity index (χ3n) is 2.85. The van der Waals surface area contributed by atoms with E-state index >= 15 is 0 Å². The second kappa shape index (κ2) is 5.14. The first-order valence-electron chi connectivity index (χ1n) is 6.14. The lowest BCUT2D eigenvalue weighted by atomic mass is 9.93. The molecule has 2 rings (SSSR count). The van der Waals surface area contributed by atoms with Crippen LogP contribution in [-0.2, 0) is 0 Å². The fourth-order valence-electron chi connectivity index (χ4n) is 1.75. The van der Waals surface area contributed by atoms with Gasteiger partial charge in [0.1, 0.15) is 17.5 Å². The molecule has 2 N–H and O–H groups in total. The van der Waals surface area contributed by atoms with Gasteiger partial charge < -0.3 is 10.6 Å². The Bertz CT molecular complexity index is 347. The maximum atomic E-state index is 4.40. The second-order valence-corrected chi connectivity index (χ2v) is 4.38. The predicted molar refractivity (Wildman–Crippen MR) is 66.8 cm³/mol. The molecule has 1 aromatic rings. The average Bonchev–Trinajstić information content (AvgIpc) is 2.20. The maximum absolute atomic E-state index is 4.40. The molecule has 0 unspecified atom stereocenters. The highest BCUT2D eigenvalue weighted by Gasteiger charge is 2.17. The van der Waals surface area contributed by atoms with E-state index in [-0.39, 0.29) is 0 Å². The predicted octanol–water partition coefficient (Wildman–Crippen LogP) is 2.57. The molecule has 16 heavy (non-hydrogen) atoms. The van der Waals surface area contributed by atoms with Crippen molar-refractivity contribution in [1.29, 1.82) is 0 Å². The molecule has 4 heteroatoms. The number of aromatic nitrogens is 2. The fraction of sp³-hybridized carbons (Fsp3) is 0.667. The Kier molecular flexibility index (Phi) is 3.59. The standard InChI is InChI=1S/C12H20N4/c1-3-7-13-11-8-12(15-9(2)14-11)16-10-5-4-6-10/h8,10H,3-7H2,1-2H3,(H2,13,14,15,16). The van der Waals surface area contributed by atoms with E-state index in [2.05, 4.69) is 27.5 Å². The van der Waals surface area contributed by atoms with E-state index in [9.17, 15) is 0 Å². The van der Waals surface area contributed by atoms with Gasteiger partial charge in [0.2, 0.25) is 0 Å². The first-order chi connectivity index (χ1) is 7.78. The van der Waals surface area contributed by atoms with Gasteiger partial charge >= 0.3 is 0 Å². The molecule has 0 aliphatic heterocycles. The van der Waals surface area contributed by atoms with E-state index in [4.69, 9.17) is 0 Å². The Morgan fingerprint density at radius 3 is 2.69 bits per heavy atom. The Morgan fingerprint density at radius 2 is 2.06 bits per heavy atom. The molecule has 0 radical (unpaired) electrons. The minimum absolute atomic E-state index is 0.619. The van der Waals surface area contributed by atoms with Gasteiger partial charge in [-0.15, -0.1) is 0 Å². The first-order valence-corrected chi connectivity index (χ1v) is 6.14. The highest BCUT2D eigenvalue weighted by Crippen LogP contribution is 2.23. The summed E-state index contributed by atoms with van der Waals surface area (Å²) in [6.07, 6.45) is 4.97. The van der Waals surface area contributed by atoms with Crippen molar-refractivity contribution in [3.63, 3.8) is 0 Å². The van der Waals surface area contributed by atoms with Gasteiger partial charge in [-0.25, -0.2) is 9.97 Å². The molecular weight excluding hydrogens is 200 g/mol. The van der Waals surface area contributed by atoms with Crippen molar-refractivity contribution >= 4 is 11.6 Å². The number of anilines is 2. The summed E-state index contributed by atoms with van der Waals surface area (Å²) in [4.78, 5) is 8.76. The van der Waals surface area contributed by atoms with Crippen LogP contribution in [0, 0.1) is 6.92 Å². The van der Waals surface area contributed by atoms with Crippen LogP contribution in [0.4, 0.5) is 11.6 Å². The summed E-state index contributed by atoms with van der Waals surface area (Å²) >= 11 is 0. The normalized spacial score (nSPS) is 15.6. The van der Waals surface area contributed by atoms with E-state index in [1.54, 1.807) is 0 Å². The second-order valence-electron chi connectivity index (χ2n) is 4.38. The van der Waals surface area contributed by atoms with Crippen LogP contribution in [-0.4, -0.2) is 22.6 Å². The maximum Gasteiger partial charge on any atom is 0.132 e. The smallest absolute Gasteiger partial charge is 0.132 e. The van der Waals surface area contributed by atoms with E-state index in [0.717, 1.165) is 30.4 Å². The van der Waals surface area contributed by atoms with Crippen molar-refractivity contribution in [2.24, 2.45) is 0 Å². The minimum Gasteiger partial charge on any atom is -0.370 e. The summed E-state index contributed by atoms with van der Waals surface area (Å²) in [6.45, 7) is 5.04. The van der Waals surface area contributed by atoms with E-state index in [0.29, 0.717) is 6.04 Å². The molecule has 0 aromatic carbocycles. The van der Waals surface area contributed by atoms with Crippen LogP contribution >= 0.6 is 0 Å². The van der Waals surface area contributed by atoms with E-state index in [1.165, 1.54) is 19.3 Å². The Balaban J connectivity index is 2.02. The molecule has 0 bridgehead atoms. The molecule has 1 heterocycles. The van der Waals surface area contributed by atoms with Gasteiger partial charge in [0.25, 0.3) is 0 Å². The van der Waals surface area contributed by atoms with Crippen molar-refractivity contribution in [3.8, 4) is 0 Å². The number of hydrogen-bond acceptors (Lipinski definition) is 4. The quantitative estimate of drug-likeness (QED) is 0.800. The van der Waals surface area contributed by atoms with Gasteiger partial charge in [0.05, 0.1) is 0 Å². The van der Waals surface area contributed by atoms with Gasteiger partial charge in [0, 0.05) is 18.7 Å². The molecule has 1 aliphatic carbocycles. The molecule has 1 aromatic heterocycles. The highest BCUT2D eigenvalue weighted by molar-refractivity contribution is 5.48. The molecule has 0 atom stereocenters. The van der Waals surface area contributed by atoms with E-state index < -0.39 is 0 Å². The van der Waals surface area contributed by atoms with Gasteiger partial charge in [-0.3, -0.25) is 0 Å². The van der Waals surface area contributed by atoms with Crippen molar-refractivity contribution in [3.05, 3.63) is 11.9 Å². The topological polar surface area (TPSA) is 49.8 Å². The highest BCUT2D eigenvalue weighted by atomic mass is 15.1. The summed E-state index contributed by atoms with van der Waals surface area (Å²) in [5.74, 6) is 2.70. The first kappa shape index (κ1) is 11.2. The lowest BCUT2D eigenvalue weighted by molar-refractivity contribution is 0.444. The molecule has 1 saturated carbocycles. The zero-order valence-electron chi connectivity index (χ0n) is 10.1. The van der Waals surface area contributed by atoms with Crippen LogP contribution in [0.1, 0.15) is 38.4 Å². The van der Waals surface area contributed by atoms with Gasteiger partial charge in [-0.05, 0) is 32.6 Å². The van der Waals surface area contributed by atoms with Crippen LogP contribution < -0.4 is 10.6 Å². The van der Waals surface area contributed by atoms with Crippen LogP contribution in [0.15, 0.2) is 6.07 Å². The molecule has 1 aliphatic rings. The lowest BCUT2D eigenvalue weighted by Gasteiger charge is -2.27. The Hall–Kier alpha value is -1.32. The molecule has 4 nitrogen and oxygen atoms in total. The summed E-state index contributed by atoms with van der Waals surface area (Å²) in [6, 6.07) is 2.62. The number of nitrogens with zero attached hydrogens (tertiary/aromatic N) is 2. The zero-order valence-corrected chi connectivity index (χ0v) is 10.1. The average molecular weight is 220 g/mol. The van der Waals surface area contributed by atoms with Crippen molar-refractivity contribution in [1.82, 2.24) is 9.97 Å². The molecule has 0 amide bonds.